The quantitative estimate of drug-likeness (QED) is 0.652. The van der Waals surface area contributed by atoms with Crippen molar-refractivity contribution in [3.8, 4) is 11.5 Å². The number of carbonyl (C=O) groups is 2. The maximum absolute atomic E-state index is 13.5. The van der Waals surface area contributed by atoms with Crippen LogP contribution in [0.2, 0.25) is 0 Å². The number of aryl methyl sites for hydroxylation is 1. The average Bonchev–Trinajstić information content (AvgIpc) is 3.04. The molecule has 3 aromatic rings. The Morgan fingerprint density at radius 1 is 0.806 bits per heavy atom. The first kappa shape index (κ1) is 18.9. The third-order valence-corrected chi connectivity index (χ3v) is 5.31. The highest BCUT2D eigenvalue weighted by Crippen LogP contribution is 2.37. The van der Waals surface area contributed by atoms with E-state index >= 15 is 0 Å². The summed E-state index contributed by atoms with van der Waals surface area (Å²) in [5.41, 5.74) is 3.31. The van der Waals surface area contributed by atoms with E-state index in [-0.39, 0.29) is 11.6 Å². The zero-order valence-corrected chi connectivity index (χ0v) is 16.9. The normalized spacial score (nSPS) is 15.5. The summed E-state index contributed by atoms with van der Waals surface area (Å²) in [7, 11) is 0. The first-order chi connectivity index (χ1) is 15.1. The maximum Gasteiger partial charge on any atom is 0.282 e. The number of hydrogen-bond acceptors (Lipinski definition) is 5. The van der Waals surface area contributed by atoms with E-state index in [1.54, 1.807) is 24.3 Å². The van der Waals surface area contributed by atoms with Crippen molar-refractivity contribution < 1.29 is 19.1 Å². The Morgan fingerprint density at radius 2 is 1.52 bits per heavy atom. The molecular formula is C25H20N2O4. The molecule has 0 saturated heterocycles. The lowest BCUT2D eigenvalue weighted by molar-refractivity contribution is -0.120. The molecule has 0 unspecified atom stereocenters. The number of amides is 2. The molecule has 0 spiro atoms. The van der Waals surface area contributed by atoms with Gasteiger partial charge in [0.1, 0.15) is 18.9 Å². The molecule has 2 aliphatic heterocycles. The monoisotopic (exact) mass is 412 g/mol. The molecule has 2 amide bonds. The molecule has 2 aliphatic rings. The van der Waals surface area contributed by atoms with Crippen LogP contribution in [0.25, 0.3) is 5.57 Å². The SMILES string of the molecule is Cc1ccccc1N1C(=O)C(Nc2ccc3c(c2)OCCO3)=C(c2ccccc2)C1=O. The van der Waals surface area contributed by atoms with E-state index in [2.05, 4.69) is 5.32 Å². The number of nitrogens with one attached hydrogen (secondary N) is 1. The Hall–Kier alpha value is -4.06. The first-order valence-corrected chi connectivity index (χ1v) is 10.0. The molecule has 0 aliphatic carbocycles. The van der Waals surface area contributed by atoms with Crippen LogP contribution < -0.4 is 19.7 Å². The van der Waals surface area contributed by atoms with Gasteiger partial charge in [-0.05, 0) is 36.2 Å². The van der Waals surface area contributed by atoms with Crippen molar-refractivity contribution >= 4 is 28.8 Å². The van der Waals surface area contributed by atoms with Crippen LogP contribution in [0.4, 0.5) is 11.4 Å². The maximum atomic E-state index is 13.5. The Labute approximate surface area is 179 Å². The van der Waals surface area contributed by atoms with Gasteiger partial charge in [0.2, 0.25) is 0 Å². The standard InChI is InChI=1S/C25H20N2O4/c1-16-7-5-6-10-19(16)27-24(28)22(17-8-3-2-4-9-17)23(25(27)29)26-18-11-12-20-21(15-18)31-14-13-30-20/h2-12,15,26H,13-14H2,1H3. The van der Waals surface area contributed by atoms with Crippen LogP contribution in [0.15, 0.2) is 78.5 Å². The summed E-state index contributed by atoms with van der Waals surface area (Å²) in [5, 5.41) is 3.17. The van der Waals surface area contributed by atoms with Crippen LogP contribution in [-0.2, 0) is 9.59 Å². The van der Waals surface area contributed by atoms with Crippen molar-refractivity contribution in [1.29, 1.82) is 0 Å². The highest BCUT2D eigenvalue weighted by molar-refractivity contribution is 6.46. The van der Waals surface area contributed by atoms with Crippen LogP contribution in [-0.4, -0.2) is 25.0 Å². The van der Waals surface area contributed by atoms with Gasteiger partial charge >= 0.3 is 0 Å². The molecule has 0 radical (unpaired) electrons. The molecule has 6 heteroatoms. The van der Waals surface area contributed by atoms with E-state index in [4.69, 9.17) is 9.47 Å². The summed E-state index contributed by atoms with van der Waals surface area (Å²) in [5.74, 6) is 0.508. The number of anilines is 2. The Morgan fingerprint density at radius 3 is 2.29 bits per heavy atom. The molecular weight excluding hydrogens is 392 g/mol. The summed E-state index contributed by atoms with van der Waals surface area (Å²) in [6.45, 7) is 2.85. The third kappa shape index (κ3) is 3.32. The molecule has 5 rings (SSSR count). The first-order valence-electron chi connectivity index (χ1n) is 10.0. The lowest BCUT2D eigenvalue weighted by Gasteiger charge is -2.20. The number of hydrogen-bond donors (Lipinski definition) is 1. The second-order valence-corrected chi connectivity index (χ2v) is 7.33. The van der Waals surface area contributed by atoms with E-state index < -0.39 is 5.91 Å². The number of fused-ring (bicyclic) bond motifs is 1. The number of ether oxygens (including phenoxy) is 2. The summed E-state index contributed by atoms with van der Waals surface area (Å²) in [4.78, 5) is 28.2. The zero-order chi connectivity index (χ0) is 21.4. The number of benzene rings is 3. The molecule has 0 atom stereocenters. The van der Waals surface area contributed by atoms with E-state index in [0.717, 1.165) is 5.56 Å². The minimum atomic E-state index is -0.395. The Bertz CT molecular complexity index is 1220. The van der Waals surface area contributed by atoms with Gasteiger partial charge in [-0.2, -0.15) is 0 Å². The molecule has 0 fully saturated rings. The molecule has 0 bridgehead atoms. The van der Waals surface area contributed by atoms with E-state index in [0.29, 0.717) is 47.2 Å². The third-order valence-electron chi connectivity index (χ3n) is 5.31. The minimum Gasteiger partial charge on any atom is -0.486 e. The number of rotatable bonds is 4. The zero-order valence-electron chi connectivity index (χ0n) is 16.9. The fraction of sp³-hybridized carbons (Fsp3) is 0.120. The Kier molecular flexibility index (Phi) is 4.67. The smallest absolute Gasteiger partial charge is 0.282 e. The van der Waals surface area contributed by atoms with Crippen molar-refractivity contribution in [2.45, 2.75) is 6.92 Å². The number of nitrogens with zero attached hydrogens (tertiary/aromatic N) is 1. The molecule has 0 saturated carbocycles. The minimum absolute atomic E-state index is 0.233. The molecule has 0 aromatic heterocycles. The van der Waals surface area contributed by atoms with Crippen LogP contribution in [0.3, 0.4) is 0 Å². The molecule has 6 nitrogen and oxygen atoms in total. The second kappa shape index (κ2) is 7.65. The van der Waals surface area contributed by atoms with Crippen molar-refractivity contribution in [1.82, 2.24) is 0 Å². The molecule has 2 heterocycles. The summed E-state index contributed by atoms with van der Waals surface area (Å²) in [6, 6.07) is 21.9. The Balaban J connectivity index is 1.59. The lowest BCUT2D eigenvalue weighted by atomic mass is 10.0. The lowest BCUT2D eigenvalue weighted by Crippen LogP contribution is -2.33. The van der Waals surface area contributed by atoms with Crippen LogP contribution in [0.1, 0.15) is 11.1 Å². The van der Waals surface area contributed by atoms with Gasteiger partial charge in [-0.1, -0.05) is 48.5 Å². The van der Waals surface area contributed by atoms with Crippen molar-refractivity contribution in [3.63, 3.8) is 0 Å². The van der Waals surface area contributed by atoms with Crippen molar-refractivity contribution in [3.05, 3.63) is 89.6 Å². The van der Waals surface area contributed by atoms with Gasteiger partial charge in [0, 0.05) is 11.8 Å². The molecule has 1 N–H and O–H groups in total. The summed E-state index contributed by atoms with van der Waals surface area (Å²) < 4.78 is 11.2. The predicted molar refractivity (Wildman–Crippen MR) is 118 cm³/mol. The van der Waals surface area contributed by atoms with Crippen LogP contribution >= 0.6 is 0 Å². The van der Waals surface area contributed by atoms with Crippen LogP contribution in [0, 0.1) is 6.92 Å². The number of carbonyl (C=O) groups excluding carboxylic acids is 2. The van der Waals surface area contributed by atoms with Gasteiger partial charge < -0.3 is 14.8 Å². The fourth-order valence-corrected chi connectivity index (χ4v) is 3.82. The van der Waals surface area contributed by atoms with Gasteiger partial charge in [0.15, 0.2) is 11.5 Å². The largest absolute Gasteiger partial charge is 0.486 e. The van der Waals surface area contributed by atoms with E-state index in [1.807, 2.05) is 55.5 Å². The van der Waals surface area contributed by atoms with Gasteiger partial charge in [-0.25, -0.2) is 4.90 Å². The van der Waals surface area contributed by atoms with Gasteiger partial charge in [0.25, 0.3) is 11.8 Å². The van der Waals surface area contributed by atoms with Crippen molar-refractivity contribution in [2.75, 3.05) is 23.4 Å². The van der Waals surface area contributed by atoms with Gasteiger partial charge in [0.05, 0.1) is 11.3 Å². The molecule has 154 valence electrons. The average molecular weight is 412 g/mol. The van der Waals surface area contributed by atoms with Crippen LogP contribution in [0.5, 0.6) is 11.5 Å². The van der Waals surface area contributed by atoms with Crippen molar-refractivity contribution in [2.24, 2.45) is 0 Å². The van der Waals surface area contributed by atoms with E-state index in [9.17, 15) is 9.59 Å². The highest BCUT2D eigenvalue weighted by atomic mass is 16.6. The summed E-state index contributed by atoms with van der Waals surface area (Å²) in [6.07, 6.45) is 0. The van der Waals surface area contributed by atoms with Gasteiger partial charge in [-0.15, -0.1) is 0 Å². The van der Waals surface area contributed by atoms with E-state index in [1.165, 1.54) is 4.90 Å². The second-order valence-electron chi connectivity index (χ2n) is 7.33. The molecule has 31 heavy (non-hydrogen) atoms. The summed E-state index contributed by atoms with van der Waals surface area (Å²) >= 11 is 0. The van der Waals surface area contributed by atoms with Gasteiger partial charge in [-0.3, -0.25) is 9.59 Å². The fourth-order valence-electron chi connectivity index (χ4n) is 3.82. The highest BCUT2D eigenvalue weighted by Gasteiger charge is 2.40. The molecule has 3 aromatic carbocycles. The number of imide groups is 1. The predicted octanol–water partition coefficient (Wildman–Crippen LogP) is 4.16. The topological polar surface area (TPSA) is 67.9 Å². The number of para-hydroxylation sites is 1.